The Bertz CT molecular complexity index is 494. The van der Waals surface area contributed by atoms with Gasteiger partial charge in [0.05, 0.1) is 24.2 Å². The van der Waals surface area contributed by atoms with Crippen molar-refractivity contribution >= 4 is 22.8 Å². The van der Waals surface area contributed by atoms with Gasteiger partial charge in [-0.1, -0.05) is 18.2 Å². The first-order chi connectivity index (χ1) is 8.31. The fourth-order valence-corrected chi connectivity index (χ4v) is 2.16. The maximum absolute atomic E-state index is 11.8. The molecule has 1 aromatic heterocycles. The third-order valence-corrected chi connectivity index (χ3v) is 3.25. The molecule has 4 heteroatoms. The van der Waals surface area contributed by atoms with Crippen molar-refractivity contribution in [1.82, 2.24) is 0 Å². The van der Waals surface area contributed by atoms with Crippen molar-refractivity contribution in [3.8, 4) is 5.75 Å². The molecule has 0 atom stereocenters. The van der Waals surface area contributed by atoms with Gasteiger partial charge in [0.25, 0.3) is 0 Å². The van der Waals surface area contributed by atoms with Crippen LogP contribution in [0.4, 0.5) is 5.69 Å². The number of thiophene rings is 1. The molecule has 0 saturated carbocycles. The number of ether oxygens (including phenoxy) is 1. The van der Waals surface area contributed by atoms with Crippen LogP contribution in [0, 0.1) is 0 Å². The van der Waals surface area contributed by atoms with Crippen LogP contribution in [0.2, 0.25) is 0 Å². The Morgan fingerprint density at radius 1 is 1.29 bits per heavy atom. The number of rotatable bonds is 5. The molecule has 0 aliphatic heterocycles. The Morgan fingerprint density at radius 3 is 2.82 bits per heavy atom. The van der Waals surface area contributed by atoms with Crippen LogP contribution in [-0.4, -0.2) is 19.4 Å². The molecular weight excluding hydrogens is 234 g/mol. The van der Waals surface area contributed by atoms with Gasteiger partial charge in [-0.05, 0) is 23.6 Å². The third kappa shape index (κ3) is 2.85. The molecule has 0 aliphatic rings. The zero-order valence-corrected chi connectivity index (χ0v) is 10.3. The van der Waals surface area contributed by atoms with Crippen LogP contribution < -0.4 is 10.1 Å². The normalized spacial score (nSPS) is 9.94. The molecule has 3 nitrogen and oxygen atoms in total. The van der Waals surface area contributed by atoms with Gasteiger partial charge in [0.2, 0.25) is 0 Å². The van der Waals surface area contributed by atoms with Gasteiger partial charge in [-0.25, -0.2) is 0 Å². The highest BCUT2D eigenvalue weighted by atomic mass is 32.1. The van der Waals surface area contributed by atoms with E-state index < -0.39 is 0 Å². The van der Waals surface area contributed by atoms with E-state index in [0.717, 1.165) is 16.3 Å². The number of methoxy groups -OCH3 is 1. The molecule has 2 aromatic rings. The van der Waals surface area contributed by atoms with Crippen LogP contribution in [0.5, 0.6) is 5.75 Å². The minimum absolute atomic E-state index is 0.0888. The van der Waals surface area contributed by atoms with Crippen molar-refractivity contribution in [3.05, 3.63) is 46.7 Å². The van der Waals surface area contributed by atoms with Crippen molar-refractivity contribution in [2.24, 2.45) is 0 Å². The summed E-state index contributed by atoms with van der Waals surface area (Å²) in [6.45, 7) is 0.279. The van der Waals surface area contributed by atoms with E-state index in [0.29, 0.717) is 0 Å². The lowest BCUT2D eigenvalue weighted by molar-refractivity contribution is 0.101. The Morgan fingerprint density at radius 2 is 2.12 bits per heavy atom. The van der Waals surface area contributed by atoms with E-state index in [1.807, 2.05) is 41.8 Å². The SMILES string of the molecule is COc1ccccc1NCC(=O)c1cccs1. The second kappa shape index (κ2) is 5.50. The lowest BCUT2D eigenvalue weighted by atomic mass is 10.2. The summed E-state index contributed by atoms with van der Waals surface area (Å²) in [5, 5.41) is 4.98. The van der Waals surface area contributed by atoms with Gasteiger partial charge >= 0.3 is 0 Å². The molecule has 0 aliphatic carbocycles. The number of anilines is 1. The van der Waals surface area contributed by atoms with Gasteiger partial charge in [-0.15, -0.1) is 11.3 Å². The molecule has 88 valence electrons. The fourth-order valence-electron chi connectivity index (χ4n) is 1.49. The van der Waals surface area contributed by atoms with E-state index in [1.165, 1.54) is 11.3 Å². The molecule has 2 rings (SSSR count). The number of Topliss-reactive ketones (excluding diaryl/α,β-unsaturated/α-hetero) is 1. The summed E-state index contributed by atoms with van der Waals surface area (Å²) < 4.78 is 5.20. The number of ketones is 1. The molecule has 0 amide bonds. The third-order valence-electron chi connectivity index (χ3n) is 2.34. The quantitative estimate of drug-likeness (QED) is 0.825. The molecule has 0 radical (unpaired) electrons. The van der Waals surface area contributed by atoms with Gasteiger partial charge < -0.3 is 10.1 Å². The van der Waals surface area contributed by atoms with E-state index in [9.17, 15) is 4.79 Å². The second-order valence-electron chi connectivity index (χ2n) is 3.45. The summed E-state index contributed by atoms with van der Waals surface area (Å²) in [5.74, 6) is 0.831. The number of carbonyl (C=O) groups is 1. The first-order valence-corrected chi connectivity index (χ1v) is 6.13. The molecule has 1 aromatic carbocycles. The summed E-state index contributed by atoms with van der Waals surface area (Å²) in [6, 6.07) is 11.3. The van der Waals surface area contributed by atoms with Gasteiger partial charge in [-0.3, -0.25) is 4.79 Å². The van der Waals surface area contributed by atoms with Gasteiger partial charge in [0, 0.05) is 0 Å². The summed E-state index contributed by atoms with van der Waals surface area (Å²) in [4.78, 5) is 12.6. The highest BCUT2D eigenvalue weighted by molar-refractivity contribution is 7.12. The first kappa shape index (κ1) is 11.7. The number of nitrogens with one attached hydrogen (secondary N) is 1. The van der Waals surface area contributed by atoms with Crippen LogP contribution in [0.3, 0.4) is 0 Å². The first-order valence-electron chi connectivity index (χ1n) is 5.25. The molecule has 1 N–H and O–H groups in total. The summed E-state index contributed by atoms with van der Waals surface area (Å²) in [6.07, 6.45) is 0. The number of para-hydroxylation sites is 2. The topological polar surface area (TPSA) is 38.3 Å². The number of carbonyl (C=O) groups excluding carboxylic acids is 1. The van der Waals surface area contributed by atoms with Gasteiger partial charge in [-0.2, -0.15) is 0 Å². The second-order valence-corrected chi connectivity index (χ2v) is 4.40. The van der Waals surface area contributed by atoms with Gasteiger partial charge in [0.15, 0.2) is 5.78 Å². The van der Waals surface area contributed by atoms with E-state index in [1.54, 1.807) is 7.11 Å². The summed E-state index contributed by atoms with van der Waals surface area (Å²) >= 11 is 1.46. The van der Waals surface area contributed by atoms with Crippen LogP contribution in [0.1, 0.15) is 9.67 Å². The minimum atomic E-state index is 0.0888. The Balaban J connectivity index is 2.00. The molecule has 17 heavy (non-hydrogen) atoms. The van der Waals surface area contributed by atoms with E-state index in [4.69, 9.17) is 4.74 Å². The van der Waals surface area contributed by atoms with Crippen molar-refractivity contribution in [1.29, 1.82) is 0 Å². The van der Waals surface area contributed by atoms with Crippen molar-refractivity contribution in [2.45, 2.75) is 0 Å². The van der Waals surface area contributed by atoms with Crippen LogP contribution >= 0.6 is 11.3 Å². The van der Waals surface area contributed by atoms with Gasteiger partial charge in [0.1, 0.15) is 5.75 Å². The van der Waals surface area contributed by atoms with Crippen LogP contribution in [0.25, 0.3) is 0 Å². The van der Waals surface area contributed by atoms with Crippen LogP contribution in [0.15, 0.2) is 41.8 Å². The van der Waals surface area contributed by atoms with Crippen LogP contribution in [-0.2, 0) is 0 Å². The lowest BCUT2D eigenvalue weighted by Gasteiger charge is -2.09. The standard InChI is InChI=1S/C13H13NO2S/c1-16-12-6-3-2-5-10(12)14-9-11(15)13-7-4-8-17-13/h2-8,14H,9H2,1H3. The average molecular weight is 247 g/mol. The molecule has 0 spiro atoms. The van der Waals surface area contributed by atoms with E-state index in [-0.39, 0.29) is 12.3 Å². The zero-order chi connectivity index (χ0) is 12.1. The summed E-state index contributed by atoms with van der Waals surface area (Å²) in [5.41, 5.74) is 0.833. The highest BCUT2D eigenvalue weighted by Crippen LogP contribution is 2.23. The fraction of sp³-hybridized carbons (Fsp3) is 0.154. The molecular formula is C13H13NO2S. The monoisotopic (exact) mass is 247 g/mol. The molecule has 0 saturated heterocycles. The average Bonchev–Trinajstić information content (AvgIpc) is 2.90. The maximum atomic E-state index is 11.8. The van der Waals surface area contributed by atoms with Crippen molar-refractivity contribution < 1.29 is 9.53 Å². The number of hydrogen-bond donors (Lipinski definition) is 1. The summed E-state index contributed by atoms with van der Waals surface area (Å²) in [7, 11) is 1.61. The smallest absolute Gasteiger partial charge is 0.191 e. The predicted molar refractivity (Wildman–Crippen MR) is 70.1 cm³/mol. The Hall–Kier alpha value is -1.81. The largest absolute Gasteiger partial charge is 0.495 e. The lowest BCUT2D eigenvalue weighted by Crippen LogP contribution is -2.13. The number of hydrogen-bond acceptors (Lipinski definition) is 4. The Labute approximate surface area is 104 Å². The predicted octanol–water partition coefficient (Wildman–Crippen LogP) is 3.05. The molecule has 0 bridgehead atoms. The highest BCUT2D eigenvalue weighted by Gasteiger charge is 2.07. The molecule has 0 fully saturated rings. The Kier molecular flexibility index (Phi) is 3.77. The minimum Gasteiger partial charge on any atom is -0.495 e. The van der Waals surface area contributed by atoms with E-state index in [2.05, 4.69) is 5.32 Å². The maximum Gasteiger partial charge on any atom is 0.191 e. The molecule has 1 heterocycles. The molecule has 0 unspecified atom stereocenters. The van der Waals surface area contributed by atoms with Crippen molar-refractivity contribution in [2.75, 3.05) is 19.0 Å². The zero-order valence-electron chi connectivity index (χ0n) is 9.47. The number of benzene rings is 1. The van der Waals surface area contributed by atoms with Crippen molar-refractivity contribution in [3.63, 3.8) is 0 Å². The van der Waals surface area contributed by atoms with E-state index >= 15 is 0 Å².